The summed E-state index contributed by atoms with van der Waals surface area (Å²) >= 11 is 0. The van der Waals surface area contributed by atoms with Gasteiger partial charge in [0, 0.05) is 14.1 Å². The van der Waals surface area contributed by atoms with Crippen molar-refractivity contribution in [1.82, 2.24) is 4.98 Å². The van der Waals surface area contributed by atoms with E-state index in [0.717, 1.165) is 5.69 Å². The number of aliphatic hydroxyl groups is 1. The highest BCUT2D eigenvalue weighted by Gasteiger charge is 2.01. The molecule has 0 aromatic carbocycles. The Balaban J connectivity index is 2.86. The SMILES string of the molecule is CC(O)c1ccc(N(C)C)cn1. The Bertz CT molecular complexity index is 214. The van der Waals surface area contributed by atoms with Gasteiger partial charge in [-0.3, -0.25) is 4.98 Å². The Morgan fingerprint density at radius 3 is 2.42 bits per heavy atom. The van der Waals surface area contributed by atoms with Crippen LogP contribution in [0, 0.1) is 0 Å². The first kappa shape index (κ1) is 9.00. The molecular formula is C9H14N2O. The van der Waals surface area contributed by atoms with E-state index in [1.54, 1.807) is 13.1 Å². The summed E-state index contributed by atoms with van der Waals surface area (Å²) in [6.45, 7) is 1.71. The van der Waals surface area contributed by atoms with Gasteiger partial charge in [0.05, 0.1) is 23.7 Å². The van der Waals surface area contributed by atoms with Crippen molar-refractivity contribution in [2.45, 2.75) is 13.0 Å². The first-order valence-electron chi connectivity index (χ1n) is 3.92. The minimum Gasteiger partial charge on any atom is -0.387 e. The first-order valence-corrected chi connectivity index (χ1v) is 3.92. The van der Waals surface area contributed by atoms with E-state index in [0.29, 0.717) is 5.69 Å². The van der Waals surface area contributed by atoms with E-state index in [4.69, 9.17) is 0 Å². The van der Waals surface area contributed by atoms with Crippen molar-refractivity contribution in [2.24, 2.45) is 0 Å². The number of pyridine rings is 1. The van der Waals surface area contributed by atoms with Crippen LogP contribution in [-0.2, 0) is 0 Å². The van der Waals surface area contributed by atoms with Gasteiger partial charge in [-0.05, 0) is 19.1 Å². The van der Waals surface area contributed by atoms with Crippen LogP contribution in [-0.4, -0.2) is 24.2 Å². The predicted octanol–water partition coefficient (Wildman–Crippen LogP) is 1.20. The van der Waals surface area contributed by atoms with Crippen molar-refractivity contribution in [1.29, 1.82) is 0 Å². The molecule has 12 heavy (non-hydrogen) atoms. The molecule has 1 unspecified atom stereocenters. The smallest absolute Gasteiger partial charge is 0.0931 e. The van der Waals surface area contributed by atoms with E-state index in [2.05, 4.69) is 4.98 Å². The van der Waals surface area contributed by atoms with Crippen LogP contribution in [0.3, 0.4) is 0 Å². The van der Waals surface area contributed by atoms with Gasteiger partial charge in [-0.2, -0.15) is 0 Å². The molecular weight excluding hydrogens is 152 g/mol. The van der Waals surface area contributed by atoms with E-state index >= 15 is 0 Å². The lowest BCUT2D eigenvalue weighted by molar-refractivity contribution is 0.194. The topological polar surface area (TPSA) is 36.4 Å². The Hall–Kier alpha value is -1.09. The summed E-state index contributed by atoms with van der Waals surface area (Å²) < 4.78 is 0. The summed E-state index contributed by atoms with van der Waals surface area (Å²) in [6.07, 6.45) is 1.27. The third-order valence-electron chi connectivity index (χ3n) is 1.72. The monoisotopic (exact) mass is 166 g/mol. The van der Waals surface area contributed by atoms with E-state index in [1.165, 1.54) is 0 Å². The summed E-state index contributed by atoms with van der Waals surface area (Å²) in [6, 6.07) is 3.77. The molecule has 0 aliphatic heterocycles. The molecule has 0 fully saturated rings. The molecule has 1 atom stereocenters. The second kappa shape index (κ2) is 3.54. The largest absolute Gasteiger partial charge is 0.387 e. The van der Waals surface area contributed by atoms with Crippen molar-refractivity contribution in [3.05, 3.63) is 24.0 Å². The van der Waals surface area contributed by atoms with Gasteiger partial charge in [0.2, 0.25) is 0 Å². The average Bonchev–Trinajstić information content (AvgIpc) is 2.04. The normalized spacial score (nSPS) is 12.7. The first-order chi connectivity index (χ1) is 5.61. The Kier molecular flexibility index (Phi) is 2.65. The molecule has 1 rings (SSSR count). The standard InChI is InChI=1S/C9H14N2O/c1-7(12)9-5-4-8(6-10-9)11(2)3/h4-7,12H,1-3H3. The lowest BCUT2D eigenvalue weighted by atomic mass is 10.2. The molecule has 1 heterocycles. The van der Waals surface area contributed by atoms with Crippen molar-refractivity contribution in [2.75, 3.05) is 19.0 Å². The summed E-state index contributed by atoms with van der Waals surface area (Å²) in [4.78, 5) is 6.08. The summed E-state index contributed by atoms with van der Waals surface area (Å²) in [5.41, 5.74) is 1.75. The molecule has 0 saturated heterocycles. The van der Waals surface area contributed by atoms with Gasteiger partial charge in [-0.1, -0.05) is 0 Å². The molecule has 3 nitrogen and oxygen atoms in total. The highest BCUT2D eigenvalue weighted by molar-refractivity contribution is 5.42. The molecule has 0 radical (unpaired) electrons. The molecule has 3 heteroatoms. The molecule has 0 aliphatic rings. The minimum atomic E-state index is -0.485. The van der Waals surface area contributed by atoms with E-state index in [1.807, 2.05) is 31.1 Å². The maximum Gasteiger partial charge on any atom is 0.0931 e. The van der Waals surface area contributed by atoms with Crippen molar-refractivity contribution < 1.29 is 5.11 Å². The number of hydrogen-bond donors (Lipinski definition) is 1. The summed E-state index contributed by atoms with van der Waals surface area (Å²) in [5.74, 6) is 0. The fraction of sp³-hybridized carbons (Fsp3) is 0.444. The van der Waals surface area contributed by atoms with Gasteiger partial charge < -0.3 is 10.0 Å². The Labute approximate surface area is 72.7 Å². The van der Waals surface area contributed by atoms with Gasteiger partial charge >= 0.3 is 0 Å². The Morgan fingerprint density at radius 2 is 2.08 bits per heavy atom. The van der Waals surface area contributed by atoms with Crippen molar-refractivity contribution in [3.63, 3.8) is 0 Å². The zero-order valence-corrected chi connectivity index (χ0v) is 7.65. The van der Waals surface area contributed by atoms with E-state index in [9.17, 15) is 5.11 Å². The fourth-order valence-corrected chi connectivity index (χ4v) is 0.909. The minimum absolute atomic E-state index is 0.485. The fourth-order valence-electron chi connectivity index (χ4n) is 0.909. The van der Waals surface area contributed by atoms with Crippen LogP contribution >= 0.6 is 0 Å². The summed E-state index contributed by atoms with van der Waals surface area (Å²) in [7, 11) is 3.91. The van der Waals surface area contributed by atoms with Crippen LogP contribution in [0.1, 0.15) is 18.7 Å². The second-order valence-corrected chi connectivity index (χ2v) is 3.01. The highest BCUT2D eigenvalue weighted by Crippen LogP contribution is 2.13. The number of rotatable bonds is 2. The third-order valence-corrected chi connectivity index (χ3v) is 1.72. The average molecular weight is 166 g/mol. The number of aromatic nitrogens is 1. The van der Waals surface area contributed by atoms with Gasteiger partial charge in [-0.15, -0.1) is 0 Å². The van der Waals surface area contributed by atoms with Gasteiger partial charge in [-0.25, -0.2) is 0 Å². The zero-order valence-electron chi connectivity index (χ0n) is 7.65. The molecule has 0 bridgehead atoms. The quantitative estimate of drug-likeness (QED) is 0.717. The Morgan fingerprint density at radius 1 is 1.42 bits per heavy atom. The molecule has 0 spiro atoms. The van der Waals surface area contributed by atoms with Crippen LogP contribution in [0.15, 0.2) is 18.3 Å². The molecule has 0 aliphatic carbocycles. The second-order valence-electron chi connectivity index (χ2n) is 3.01. The highest BCUT2D eigenvalue weighted by atomic mass is 16.3. The molecule has 1 N–H and O–H groups in total. The van der Waals surface area contributed by atoms with Crippen LogP contribution < -0.4 is 4.90 Å². The summed E-state index contributed by atoms with van der Waals surface area (Å²) in [5, 5.41) is 9.18. The maximum absolute atomic E-state index is 9.18. The zero-order chi connectivity index (χ0) is 9.14. The van der Waals surface area contributed by atoms with Crippen LogP contribution in [0.2, 0.25) is 0 Å². The number of nitrogens with zero attached hydrogens (tertiary/aromatic N) is 2. The van der Waals surface area contributed by atoms with Gasteiger partial charge in [0.15, 0.2) is 0 Å². The van der Waals surface area contributed by atoms with Gasteiger partial charge in [0.25, 0.3) is 0 Å². The van der Waals surface area contributed by atoms with Crippen molar-refractivity contribution in [3.8, 4) is 0 Å². The lowest BCUT2D eigenvalue weighted by Gasteiger charge is -2.12. The van der Waals surface area contributed by atoms with E-state index in [-0.39, 0.29) is 0 Å². The van der Waals surface area contributed by atoms with Crippen molar-refractivity contribution >= 4 is 5.69 Å². The van der Waals surface area contributed by atoms with E-state index < -0.39 is 6.10 Å². The third kappa shape index (κ3) is 1.95. The van der Waals surface area contributed by atoms with Crippen LogP contribution in [0.4, 0.5) is 5.69 Å². The van der Waals surface area contributed by atoms with Gasteiger partial charge in [0.1, 0.15) is 0 Å². The number of anilines is 1. The van der Waals surface area contributed by atoms with Crippen LogP contribution in [0.5, 0.6) is 0 Å². The number of hydrogen-bond acceptors (Lipinski definition) is 3. The predicted molar refractivity (Wildman–Crippen MR) is 49.2 cm³/mol. The molecule has 0 saturated carbocycles. The molecule has 1 aromatic heterocycles. The van der Waals surface area contributed by atoms with Crippen LogP contribution in [0.25, 0.3) is 0 Å². The lowest BCUT2D eigenvalue weighted by Crippen LogP contribution is -2.09. The molecule has 0 amide bonds. The molecule has 66 valence electrons. The maximum atomic E-state index is 9.18. The molecule has 1 aromatic rings. The number of aliphatic hydroxyl groups excluding tert-OH is 1.